The van der Waals surface area contributed by atoms with E-state index in [1.165, 1.54) is 0 Å². The van der Waals surface area contributed by atoms with Crippen LogP contribution in [0, 0.1) is 0 Å². The summed E-state index contributed by atoms with van der Waals surface area (Å²) in [6, 6.07) is 11.7. The second-order valence-electron chi connectivity index (χ2n) is 4.13. The molecular weight excluding hydrogens is 304 g/mol. The summed E-state index contributed by atoms with van der Waals surface area (Å²) in [5.41, 5.74) is 8.31. The van der Waals surface area contributed by atoms with E-state index < -0.39 is 0 Å². The van der Waals surface area contributed by atoms with Crippen molar-refractivity contribution in [1.82, 2.24) is 9.97 Å². The molecule has 2 heterocycles. The summed E-state index contributed by atoms with van der Waals surface area (Å²) in [5, 5.41) is 4.37. The number of fused-ring (bicyclic) bond motifs is 1. The van der Waals surface area contributed by atoms with Crippen LogP contribution in [0.5, 0.6) is 0 Å². The zero-order valence-electron chi connectivity index (χ0n) is 9.97. The third kappa shape index (κ3) is 2.51. The van der Waals surface area contributed by atoms with Crippen LogP contribution in [0.2, 0.25) is 0 Å². The molecule has 0 atom stereocenters. The minimum absolute atomic E-state index is 0.505. The molecule has 3 aromatic rings. The number of halogens is 1. The number of benzene rings is 1. The molecule has 94 valence electrons. The second kappa shape index (κ2) is 4.85. The molecule has 0 aliphatic rings. The molecule has 0 unspecified atom stereocenters. The summed E-state index contributed by atoms with van der Waals surface area (Å²) in [5.74, 6) is 0.505. The summed E-state index contributed by atoms with van der Waals surface area (Å²) in [4.78, 5) is 8.50. The Kier molecular flexibility index (Phi) is 3.05. The van der Waals surface area contributed by atoms with Gasteiger partial charge in [0.1, 0.15) is 5.82 Å². The number of hydrogen-bond acceptors (Lipinski definition) is 4. The largest absolute Gasteiger partial charge is 0.384 e. The maximum atomic E-state index is 5.57. The number of nitrogens with two attached hydrogens (primary N) is 1. The Morgan fingerprint density at radius 1 is 1.05 bits per heavy atom. The molecule has 0 spiro atoms. The van der Waals surface area contributed by atoms with Crippen LogP contribution in [0.1, 0.15) is 0 Å². The van der Waals surface area contributed by atoms with Gasteiger partial charge in [0.25, 0.3) is 0 Å². The number of nitrogen functional groups attached to an aromatic ring is 1. The van der Waals surface area contributed by atoms with Gasteiger partial charge in [-0.3, -0.25) is 4.98 Å². The third-order valence-electron chi connectivity index (χ3n) is 2.74. The van der Waals surface area contributed by atoms with Gasteiger partial charge < -0.3 is 11.1 Å². The van der Waals surface area contributed by atoms with E-state index in [9.17, 15) is 0 Å². The van der Waals surface area contributed by atoms with Crippen molar-refractivity contribution >= 4 is 44.0 Å². The first-order valence-corrected chi connectivity index (χ1v) is 6.54. The smallest absolute Gasteiger partial charge is 0.123 e. The van der Waals surface area contributed by atoms with E-state index in [1.807, 2.05) is 30.3 Å². The highest BCUT2D eigenvalue weighted by Gasteiger charge is 2.03. The quantitative estimate of drug-likeness (QED) is 0.756. The predicted molar refractivity (Wildman–Crippen MR) is 81.4 cm³/mol. The van der Waals surface area contributed by atoms with Gasteiger partial charge in [0.05, 0.1) is 23.1 Å². The first kappa shape index (κ1) is 11.9. The fraction of sp³-hybridized carbons (Fsp3) is 0. The van der Waals surface area contributed by atoms with Crippen molar-refractivity contribution in [3.63, 3.8) is 0 Å². The van der Waals surface area contributed by atoms with E-state index in [4.69, 9.17) is 5.73 Å². The molecule has 0 aliphatic heterocycles. The lowest BCUT2D eigenvalue weighted by Gasteiger charge is -2.09. The lowest BCUT2D eigenvalue weighted by atomic mass is 10.2. The molecule has 0 aliphatic carbocycles. The zero-order chi connectivity index (χ0) is 13.2. The number of aromatic nitrogens is 2. The highest BCUT2D eigenvalue weighted by atomic mass is 79.9. The van der Waals surface area contributed by atoms with Crippen LogP contribution >= 0.6 is 15.9 Å². The lowest BCUT2D eigenvalue weighted by molar-refractivity contribution is 1.32. The average Bonchev–Trinajstić information content (AvgIpc) is 2.41. The maximum absolute atomic E-state index is 5.57. The van der Waals surface area contributed by atoms with E-state index >= 15 is 0 Å². The summed E-state index contributed by atoms with van der Waals surface area (Å²) in [7, 11) is 0. The van der Waals surface area contributed by atoms with Crippen molar-refractivity contribution in [2.24, 2.45) is 0 Å². The third-order valence-corrected chi connectivity index (χ3v) is 3.18. The number of para-hydroxylation sites is 1. The molecule has 3 rings (SSSR count). The second-order valence-corrected chi connectivity index (χ2v) is 5.04. The number of pyridine rings is 2. The van der Waals surface area contributed by atoms with Gasteiger partial charge >= 0.3 is 0 Å². The van der Waals surface area contributed by atoms with E-state index in [-0.39, 0.29) is 0 Å². The van der Waals surface area contributed by atoms with Gasteiger partial charge in [0.15, 0.2) is 0 Å². The Labute approximate surface area is 118 Å². The number of nitrogens with one attached hydrogen (secondary N) is 1. The molecule has 1 aromatic carbocycles. The van der Waals surface area contributed by atoms with Crippen LogP contribution in [0.4, 0.5) is 17.2 Å². The van der Waals surface area contributed by atoms with Crippen molar-refractivity contribution in [2.75, 3.05) is 11.1 Å². The lowest BCUT2D eigenvalue weighted by Crippen LogP contribution is -1.95. The molecule has 3 N–H and O–H groups in total. The Morgan fingerprint density at radius 3 is 2.74 bits per heavy atom. The Hall–Kier alpha value is -2.14. The molecule has 5 heteroatoms. The average molecular weight is 315 g/mol. The fourth-order valence-electron chi connectivity index (χ4n) is 1.87. The summed E-state index contributed by atoms with van der Waals surface area (Å²) >= 11 is 3.42. The van der Waals surface area contributed by atoms with Crippen molar-refractivity contribution in [3.05, 3.63) is 53.3 Å². The van der Waals surface area contributed by atoms with Crippen molar-refractivity contribution in [1.29, 1.82) is 0 Å². The first-order chi connectivity index (χ1) is 9.22. The number of nitrogens with zero attached hydrogens (tertiary/aromatic N) is 2. The molecule has 0 amide bonds. The highest BCUT2D eigenvalue weighted by molar-refractivity contribution is 9.10. The van der Waals surface area contributed by atoms with Gasteiger partial charge in [0, 0.05) is 16.1 Å². The highest BCUT2D eigenvalue weighted by Crippen LogP contribution is 2.26. The predicted octanol–water partition coefficient (Wildman–Crippen LogP) is 3.72. The molecule has 0 fully saturated rings. The molecule has 0 saturated carbocycles. The van der Waals surface area contributed by atoms with E-state index in [0.717, 1.165) is 26.8 Å². The van der Waals surface area contributed by atoms with Gasteiger partial charge in [-0.05, 0) is 40.2 Å². The molecule has 19 heavy (non-hydrogen) atoms. The van der Waals surface area contributed by atoms with E-state index in [2.05, 4.69) is 31.2 Å². The van der Waals surface area contributed by atoms with Gasteiger partial charge in [-0.15, -0.1) is 0 Å². The van der Waals surface area contributed by atoms with Crippen LogP contribution < -0.4 is 11.1 Å². The van der Waals surface area contributed by atoms with Crippen LogP contribution in [-0.2, 0) is 0 Å². The summed E-state index contributed by atoms with van der Waals surface area (Å²) in [6.45, 7) is 0. The van der Waals surface area contributed by atoms with Crippen molar-refractivity contribution in [3.8, 4) is 0 Å². The standard InChI is InChI=1S/C14H11BrN4/c15-10-6-9-2-1-3-12(14(9)18-7-10)19-11-4-5-13(16)17-8-11/h1-8,19H,(H2,16,17). The molecule has 0 saturated heterocycles. The van der Waals surface area contributed by atoms with Gasteiger partial charge in [0.2, 0.25) is 0 Å². The van der Waals surface area contributed by atoms with Gasteiger partial charge in [-0.25, -0.2) is 4.98 Å². The van der Waals surface area contributed by atoms with Crippen LogP contribution in [0.25, 0.3) is 10.9 Å². The van der Waals surface area contributed by atoms with E-state index in [0.29, 0.717) is 5.82 Å². The maximum Gasteiger partial charge on any atom is 0.123 e. The molecule has 4 nitrogen and oxygen atoms in total. The number of rotatable bonds is 2. The zero-order valence-corrected chi connectivity index (χ0v) is 11.6. The van der Waals surface area contributed by atoms with Gasteiger partial charge in [-0.1, -0.05) is 12.1 Å². The van der Waals surface area contributed by atoms with Crippen LogP contribution in [0.15, 0.2) is 53.3 Å². The van der Waals surface area contributed by atoms with Gasteiger partial charge in [-0.2, -0.15) is 0 Å². The Morgan fingerprint density at radius 2 is 1.95 bits per heavy atom. The van der Waals surface area contributed by atoms with Crippen LogP contribution in [0.3, 0.4) is 0 Å². The van der Waals surface area contributed by atoms with E-state index in [1.54, 1.807) is 18.5 Å². The van der Waals surface area contributed by atoms with Crippen LogP contribution in [-0.4, -0.2) is 9.97 Å². The Bertz CT molecular complexity index is 725. The Balaban J connectivity index is 2.03. The SMILES string of the molecule is Nc1ccc(Nc2cccc3cc(Br)cnc23)cn1. The summed E-state index contributed by atoms with van der Waals surface area (Å²) < 4.78 is 0.964. The van der Waals surface area contributed by atoms with Crippen molar-refractivity contribution < 1.29 is 0 Å². The normalized spacial score (nSPS) is 10.6. The monoisotopic (exact) mass is 314 g/mol. The molecule has 2 aromatic heterocycles. The molecular formula is C14H11BrN4. The molecule has 0 bridgehead atoms. The fourth-order valence-corrected chi connectivity index (χ4v) is 2.22. The molecule has 0 radical (unpaired) electrons. The topological polar surface area (TPSA) is 63.8 Å². The first-order valence-electron chi connectivity index (χ1n) is 5.75. The minimum Gasteiger partial charge on any atom is -0.384 e. The van der Waals surface area contributed by atoms with Crippen molar-refractivity contribution in [2.45, 2.75) is 0 Å². The number of anilines is 3. The number of hydrogen-bond donors (Lipinski definition) is 2. The summed E-state index contributed by atoms with van der Waals surface area (Å²) in [6.07, 6.45) is 3.49. The minimum atomic E-state index is 0.505.